The smallest absolute Gasteiger partial charge is 0.179 e. The van der Waals surface area contributed by atoms with E-state index in [2.05, 4.69) is 29.6 Å². The van der Waals surface area contributed by atoms with E-state index in [0.29, 0.717) is 17.4 Å². The van der Waals surface area contributed by atoms with Crippen LogP contribution in [0.25, 0.3) is 0 Å². The molecule has 0 heterocycles. The molecule has 4 heteroatoms. The summed E-state index contributed by atoms with van der Waals surface area (Å²) in [6.45, 7) is 1.39. The van der Waals surface area contributed by atoms with Crippen molar-refractivity contribution in [3.63, 3.8) is 0 Å². The van der Waals surface area contributed by atoms with Crippen molar-refractivity contribution in [3.8, 4) is 0 Å². The highest BCUT2D eigenvalue weighted by atomic mass is 32.2. The molecule has 0 atom stereocenters. The highest BCUT2D eigenvalue weighted by Crippen LogP contribution is 2.28. The van der Waals surface area contributed by atoms with Crippen LogP contribution < -0.4 is 5.32 Å². The zero-order valence-electron chi connectivity index (χ0n) is 13.2. The minimum atomic E-state index is -3.17. The normalized spacial score (nSPS) is 14.8. The predicted octanol–water partition coefficient (Wildman–Crippen LogP) is 2.86. The van der Waals surface area contributed by atoms with Crippen LogP contribution in [0.1, 0.15) is 17.5 Å². The van der Waals surface area contributed by atoms with Crippen LogP contribution in [0.2, 0.25) is 0 Å². The number of fused-ring (bicyclic) bond motifs is 1. The summed E-state index contributed by atoms with van der Waals surface area (Å²) in [7, 11) is -3.17. The summed E-state index contributed by atoms with van der Waals surface area (Å²) >= 11 is 0. The lowest BCUT2D eigenvalue weighted by Gasteiger charge is -2.10. The molecule has 0 radical (unpaired) electrons. The van der Waals surface area contributed by atoms with Gasteiger partial charge in [0, 0.05) is 6.54 Å². The zero-order valence-corrected chi connectivity index (χ0v) is 14.1. The van der Waals surface area contributed by atoms with Crippen molar-refractivity contribution in [2.24, 2.45) is 5.92 Å². The Morgan fingerprint density at radius 3 is 2.13 bits per heavy atom. The van der Waals surface area contributed by atoms with E-state index in [1.807, 2.05) is 6.07 Å². The SMILES string of the molecule is O=S(=O)(CCNCCC1Cc2ccccc2C1)c1ccccc1. The second-order valence-corrected chi connectivity index (χ2v) is 8.32. The van der Waals surface area contributed by atoms with Gasteiger partial charge < -0.3 is 5.32 Å². The molecular formula is C19H23NO2S. The highest BCUT2D eigenvalue weighted by Gasteiger charge is 2.20. The molecule has 1 aliphatic rings. The van der Waals surface area contributed by atoms with E-state index in [0.717, 1.165) is 25.8 Å². The summed E-state index contributed by atoms with van der Waals surface area (Å²) < 4.78 is 24.3. The molecule has 0 unspecified atom stereocenters. The molecule has 0 saturated carbocycles. The second kappa shape index (κ2) is 7.28. The summed E-state index contributed by atoms with van der Waals surface area (Å²) in [6.07, 6.45) is 3.40. The van der Waals surface area contributed by atoms with Crippen molar-refractivity contribution in [3.05, 3.63) is 65.7 Å². The first-order valence-electron chi connectivity index (χ1n) is 8.20. The molecule has 122 valence electrons. The molecular weight excluding hydrogens is 306 g/mol. The Bertz CT molecular complexity index is 716. The second-order valence-electron chi connectivity index (χ2n) is 6.21. The molecule has 0 bridgehead atoms. The van der Waals surface area contributed by atoms with Crippen LogP contribution >= 0.6 is 0 Å². The van der Waals surface area contributed by atoms with E-state index < -0.39 is 9.84 Å². The third-order valence-electron chi connectivity index (χ3n) is 4.51. The van der Waals surface area contributed by atoms with Crippen molar-refractivity contribution in [1.29, 1.82) is 0 Å². The van der Waals surface area contributed by atoms with Crippen molar-refractivity contribution in [1.82, 2.24) is 5.32 Å². The van der Waals surface area contributed by atoms with Crippen LogP contribution in [-0.2, 0) is 22.7 Å². The molecule has 0 spiro atoms. The van der Waals surface area contributed by atoms with Crippen molar-refractivity contribution in [2.75, 3.05) is 18.8 Å². The van der Waals surface area contributed by atoms with E-state index in [1.54, 1.807) is 24.3 Å². The van der Waals surface area contributed by atoms with Gasteiger partial charge >= 0.3 is 0 Å². The van der Waals surface area contributed by atoms with Crippen molar-refractivity contribution >= 4 is 9.84 Å². The Morgan fingerprint density at radius 1 is 0.870 bits per heavy atom. The molecule has 3 nitrogen and oxygen atoms in total. The maximum Gasteiger partial charge on any atom is 0.179 e. The number of benzene rings is 2. The first-order valence-corrected chi connectivity index (χ1v) is 9.86. The van der Waals surface area contributed by atoms with Gasteiger partial charge in [0.2, 0.25) is 0 Å². The molecule has 1 aliphatic carbocycles. The van der Waals surface area contributed by atoms with Crippen molar-refractivity contribution < 1.29 is 8.42 Å². The van der Waals surface area contributed by atoms with E-state index in [4.69, 9.17) is 0 Å². The Balaban J connectivity index is 1.38. The molecule has 2 aromatic carbocycles. The maximum atomic E-state index is 12.2. The van der Waals surface area contributed by atoms with Crippen LogP contribution in [0.5, 0.6) is 0 Å². The molecule has 0 saturated heterocycles. The highest BCUT2D eigenvalue weighted by molar-refractivity contribution is 7.91. The number of sulfone groups is 1. The Kier molecular flexibility index (Phi) is 5.13. The van der Waals surface area contributed by atoms with Gasteiger partial charge in [-0.2, -0.15) is 0 Å². The van der Waals surface area contributed by atoms with Gasteiger partial charge in [-0.1, -0.05) is 42.5 Å². The quantitative estimate of drug-likeness (QED) is 0.795. The number of hydrogen-bond donors (Lipinski definition) is 1. The molecule has 0 aliphatic heterocycles. The Labute approximate surface area is 138 Å². The maximum absolute atomic E-state index is 12.2. The molecule has 0 aromatic heterocycles. The van der Waals surface area contributed by atoms with Crippen molar-refractivity contribution in [2.45, 2.75) is 24.2 Å². The average Bonchev–Trinajstić information content (AvgIpc) is 2.98. The van der Waals surface area contributed by atoms with E-state index in [9.17, 15) is 8.42 Å². The fourth-order valence-corrected chi connectivity index (χ4v) is 4.46. The average molecular weight is 329 g/mol. The molecule has 23 heavy (non-hydrogen) atoms. The molecule has 2 aromatic rings. The first kappa shape index (κ1) is 16.2. The first-order chi connectivity index (χ1) is 11.1. The topological polar surface area (TPSA) is 46.2 Å². The summed E-state index contributed by atoms with van der Waals surface area (Å²) in [5.74, 6) is 0.840. The third kappa shape index (κ3) is 4.21. The van der Waals surface area contributed by atoms with Gasteiger partial charge in [0.1, 0.15) is 0 Å². The van der Waals surface area contributed by atoms with Gasteiger partial charge in [0.25, 0.3) is 0 Å². The monoisotopic (exact) mass is 329 g/mol. The Morgan fingerprint density at radius 2 is 1.48 bits per heavy atom. The predicted molar refractivity (Wildman–Crippen MR) is 93.3 cm³/mol. The fraction of sp³-hybridized carbons (Fsp3) is 0.368. The van der Waals surface area contributed by atoms with E-state index >= 15 is 0 Å². The number of hydrogen-bond acceptors (Lipinski definition) is 3. The lowest BCUT2D eigenvalue weighted by molar-refractivity contribution is 0.490. The minimum absolute atomic E-state index is 0.155. The van der Waals surface area contributed by atoms with Crippen LogP contribution in [-0.4, -0.2) is 27.3 Å². The molecule has 0 fully saturated rings. The van der Waals surface area contributed by atoms with Gasteiger partial charge in [-0.15, -0.1) is 0 Å². The summed E-state index contributed by atoms with van der Waals surface area (Å²) in [6, 6.07) is 17.3. The van der Waals surface area contributed by atoms with Gasteiger partial charge in [-0.05, 0) is 55.0 Å². The third-order valence-corrected chi connectivity index (χ3v) is 6.25. The van der Waals surface area contributed by atoms with Crippen LogP contribution in [0, 0.1) is 5.92 Å². The van der Waals surface area contributed by atoms with Gasteiger partial charge in [0.05, 0.1) is 10.6 Å². The van der Waals surface area contributed by atoms with Crippen LogP contribution in [0.3, 0.4) is 0 Å². The summed E-state index contributed by atoms with van der Waals surface area (Å²) in [4.78, 5) is 0.410. The van der Waals surface area contributed by atoms with Gasteiger partial charge in [0.15, 0.2) is 9.84 Å². The standard InChI is InChI=1S/C19H23NO2S/c21-23(22,19-8-2-1-3-9-19)13-12-20-11-10-16-14-17-6-4-5-7-18(17)15-16/h1-9,16,20H,10-15H2. The lowest BCUT2D eigenvalue weighted by atomic mass is 10.0. The van der Waals surface area contributed by atoms with E-state index in [1.165, 1.54) is 11.1 Å². The lowest BCUT2D eigenvalue weighted by Crippen LogP contribution is -2.25. The molecule has 3 rings (SSSR count). The van der Waals surface area contributed by atoms with E-state index in [-0.39, 0.29) is 5.75 Å². The van der Waals surface area contributed by atoms with Crippen LogP contribution in [0.4, 0.5) is 0 Å². The minimum Gasteiger partial charge on any atom is -0.316 e. The van der Waals surface area contributed by atoms with Gasteiger partial charge in [-0.25, -0.2) is 8.42 Å². The van der Waals surface area contributed by atoms with Gasteiger partial charge in [-0.3, -0.25) is 0 Å². The Hall–Kier alpha value is -1.65. The number of rotatable bonds is 7. The fourth-order valence-electron chi connectivity index (χ4n) is 3.24. The summed E-state index contributed by atoms with van der Waals surface area (Å²) in [5.41, 5.74) is 2.95. The number of nitrogens with one attached hydrogen (secondary N) is 1. The molecule has 1 N–H and O–H groups in total. The summed E-state index contributed by atoms with van der Waals surface area (Å²) in [5, 5.41) is 3.29. The zero-order chi connectivity index (χ0) is 16.1. The largest absolute Gasteiger partial charge is 0.316 e. The van der Waals surface area contributed by atoms with Crippen LogP contribution in [0.15, 0.2) is 59.5 Å². The molecule has 0 amide bonds.